The van der Waals surface area contributed by atoms with Crippen molar-refractivity contribution in [3.8, 4) is 0 Å². The van der Waals surface area contributed by atoms with Crippen molar-refractivity contribution in [2.45, 2.75) is 19.9 Å². The standard InChI is InChI=1S/C13H19N3O2/c1-8-5-6-10(15-12(17)9(2)14)7-11(8)13(18)16(3)4/h5-7,9H,14H2,1-4H3,(H,15,17)/t9-/m1/s1. The highest BCUT2D eigenvalue weighted by molar-refractivity contribution is 5.99. The van der Waals surface area contributed by atoms with Crippen LogP contribution in [0.5, 0.6) is 0 Å². The van der Waals surface area contributed by atoms with Crippen LogP contribution in [0.4, 0.5) is 5.69 Å². The Bertz CT molecular complexity index is 467. The average Bonchev–Trinajstić information content (AvgIpc) is 2.30. The van der Waals surface area contributed by atoms with Crippen LogP contribution < -0.4 is 11.1 Å². The maximum atomic E-state index is 11.9. The van der Waals surface area contributed by atoms with Crippen LogP contribution >= 0.6 is 0 Å². The second-order valence-corrected chi connectivity index (χ2v) is 4.51. The number of carbonyl (C=O) groups is 2. The van der Waals surface area contributed by atoms with E-state index in [-0.39, 0.29) is 11.8 Å². The fraction of sp³-hybridized carbons (Fsp3) is 0.385. The predicted molar refractivity (Wildman–Crippen MR) is 71.5 cm³/mol. The molecule has 5 heteroatoms. The van der Waals surface area contributed by atoms with Crippen molar-refractivity contribution < 1.29 is 9.59 Å². The van der Waals surface area contributed by atoms with Gasteiger partial charge in [-0.25, -0.2) is 0 Å². The minimum Gasteiger partial charge on any atom is -0.345 e. The van der Waals surface area contributed by atoms with Crippen LogP contribution in [-0.4, -0.2) is 36.9 Å². The molecule has 0 aromatic heterocycles. The van der Waals surface area contributed by atoms with Crippen LogP contribution in [-0.2, 0) is 4.79 Å². The van der Waals surface area contributed by atoms with Crippen LogP contribution in [0.25, 0.3) is 0 Å². The van der Waals surface area contributed by atoms with Crippen LogP contribution in [0.3, 0.4) is 0 Å². The lowest BCUT2D eigenvalue weighted by Gasteiger charge is -2.14. The monoisotopic (exact) mass is 249 g/mol. The van der Waals surface area contributed by atoms with Gasteiger partial charge in [-0.05, 0) is 31.5 Å². The molecule has 0 saturated heterocycles. The average molecular weight is 249 g/mol. The Balaban J connectivity index is 3.01. The van der Waals surface area contributed by atoms with Gasteiger partial charge in [0.05, 0.1) is 6.04 Å². The molecule has 0 fully saturated rings. The molecule has 0 saturated carbocycles. The molecular formula is C13H19N3O2. The van der Waals surface area contributed by atoms with Gasteiger partial charge in [-0.2, -0.15) is 0 Å². The number of nitrogens with two attached hydrogens (primary N) is 1. The van der Waals surface area contributed by atoms with Crippen molar-refractivity contribution >= 4 is 17.5 Å². The van der Waals surface area contributed by atoms with Crippen molar-refractivity contribution in [1.29, 1.82) is 0 Å². The molecule has 18 heavy (non-hydrogen) atoms. The van der Waals surface area contributed by atoms with E-state index in [4.69, 9.17) is 5.73 Å². The van der Waals surface area contributed by atoms with Crippen LogP contribution in [0.1, 0.15) is 22.8 Å². The summed E-state index contributed by atoms with van der Waals surface area (Å²) in [4.78, 5) is 24.9. The SMILES string of the molecule is Cc1ccc(NC(=O)[C@@H](C)N)cc1C(=O)N(C)C. The highest BCUT2D eigenvalue weighted by atomic mass is 16.2. The highest BCUT2D eigenvalue weighted by Gasteiger charge is 2.13. The number of amides is 2. The van der Waals surface area contributed by atoms with Gasteiger partial charge in [0.1, 0.15) is 0 Å². The lowest BCUT2D eigenvalue weighted by molar-refractivity contribution is -0.117. The zero-order valence-corrected chi connectivity index (χ0v) is 11.2. The first-order chi connectivity index (χ1) is 8.32. The van der Waals surface area contributed by atoms with E-state index in [9.17, 15) is 9.59 Å². The molecule has 1 rings (SSSR count). The number of benzene rings is 1. The zero-order valence-electron chi connectivity index (χ0n) is 11.2. The molecule has 0 bridgehead atoms. The fourth-order valence-electron chi connectivity index (χ4n) is 1.43. The highest BCUT2D eigenvalue weighted by Crippen LogP contribution is 2.16. The van der Waals surface area contributed by atoms with Crippen molar-refractivity contribution in [3.05, 3.63) is 29.3 Å². The quantitative estimate of drug-likeness (QED) is 0.838. The van der Waals surface area contributed by atoms with Crippen molar-refractivity contribution in [2.24, 2.45) is 5.73 Å². The molecule has 1 atom stereocenters. The summed E-state index contributed by atoms with van der Waals surface area (Å²) < 4.78 is 0. The van der Waals surface area contributed by atoms with E-state index in [0.29, 0.717) is 11.3 Å². The molecule has 0 aliphatic carbocycles. The topological polar surface area (TPSA) is 75.4 Å². The summed E-state index contributed by atoms with van der Waals surface area (Å²) in [6.45, 7) is 3.46. The number of carbonyl (C=O) groups excluding carboxylic acids is 2. The van der Waals surface area contributed by atoms with E-state index >= 15 is 0 Å². The fourth-order valence-corrected chi connectivity index (χ4v) is 1.43. The van der Waals surface area contributed by atoms with Crippen LogP contribution in [0, 0.1) is 6.92 Å². The molecule has 0 spiro atoms. The third-order valence-corrected chi connectivity index (χ3v) is 2.56. The molecule has 0 aliphatic rings. The smallest absolute Gasteiger partial charge is 0.253 e. The molecule has 0 aliphatic heterocycles. The molecule has 98 valence electrons. The third kappa shape index (κ3) is 3.30. The van der Waals surface area contributed by atoms with E-state index in [1.165, 1.54) is 4.90 Å². The molecule has 1 aromatic carbocycles. The van der Waals surface area contributed by atoms with Crippen LogP contribution in [0.2, 0.25) is 0 Å². The largest absolute Gasteiger partial charge is 0.345 e. The number of nitrogens with one attached hydrogen (secondary N) is 1. The molecule has 5 nitrogen and oxygen atoms in total. The van der Waals surface area contributed by atoms with E-state index in [1.54, 1.807) is 39.2 Å². The molecule has 2 amide bonds. The van der Waals surface area contributed by atoms with Crippen molar-refractivity contribution in [1.82, 2.24) is 4.90 Å². The Morgan fingerprint density at radius 2 is 1.94 bits per heavy atom. The summed E-state index contributed by atoms with van der Waals surface area (Å²) in [5, 5.41) is 2.67. The van der Waals surface area contributed by atoms with Crippen molar-refractivity contribution in [3.63, 3.8) is 0 Å². The van der Waals surface area contributed by atoms with Gasteiger partial charge in [-0.3, -0.25) is 9.59 Å². The number of hydrogen-bond acceptors (Lipinski definition) is 3. The van der Waals surface area contributed by atoms with E-state index in [2.05, 4.69) is 5.32 Å². The third-order valence-electron chi connectivity index (χ3n) is 2.56. The summed E-state index contributed by atoms with van der Waals surface area (Å²) in [7, 11) is 3.38. The van der Waals surface area contributed by atoms with Gasteiger partial charge in [-0.15, -0.1) is 0 Å². The van der Waals surface area contributed by atoms with E-state index < -0.39 is 6.04 Å². The first-order valence-corrected chi connectivity index (χ1v) is 5.71. The molecule has 0 heterocycles. The summed E-state index contributed by atoms with van der Waals surface area (Å²) in [6.07, 6.45) is 0. The van der Waals surface area contributed by atoms with Gasteiger partial charge < -0.3 is 16.0 Å². The van der Waals surface area contributed by atoms with Gasteiger partial charge in [0.25, 0.3) is 5.91 Å². The van der Waals surface area contributed by atoms with Crippen LogP contribution in [0.15, 0.2) is 18.2 Å². The molecular weight excluding hydrogens is 230 g/mol. The molecule has 3 N–H and O–H groups in total. The minimum absolute atomic E-state index is 0.0932. The van der Waals surface area contributed by atoms with E-state index in [0.717, 1.165) is 5.56 Å². The Labute approximate surface area is 107 Å². The predicted octanol–water partition coefficient (Wildman–Crippen LogP) is 0.983. The summed E-state index contributed by atoms with van der Waals surface area (Å²) >= 11 is 0. The Hall–Kier alpha value is -1.88. The second-order valence-electron chi connectivity index (χ2n) is 4.51. The van der Waals surface area contributed by atoms with E-state index in [1.807, 2.05) is 6.92 Å². The number of nitrogens with zero attached hydrogens (tertiary/aromatic N) is 1. The van der Waals surface area contributed by atoms with Gasteiger partial charge in [0, 0.05) is 25.3 Å². The first-order valence-electron chi connectivity index (χ1n) is 5.71. The van der Waals surface area contributed by atoms with Gasteiger partial charge in [0.15, 0.2) is 0 Å². The Morgan fingerprint density at radius 1 is 1.33 bits per heavy atom. The Morgan fingerprint density at radius 3 is 2.44 bits per heavy atom. The minimum atomic E-state index is -0.584. The summed E-state index contributed by atoms with van der Waals surface area (Å²) in [6, 6.07) is 4.63. The normalized spacial score (nSPS) is 11.8. The number of rotatable bonds is 3. The van der Waals surface area contributed by atoms with Crippen molar-refractivity contribution in [2.75, 3.05) is 19.4 Å². The lowest BCUT2D eigenvalue weighted by atomic mass is 10.1. The summed E-state index contributed by atoms with van der Waals surface area (Å²) in [5.74, 6) is -0.369. The molecule has 1 aromatic rings. The molecule has 0 unspecified atom stereocenters. The number of anilines is 1. The Kier molecular flexibility index (Phi) is 4.44. The number of aryl methyl sites for hydroxylation is 1. The number of hydrogen-bond donors (Lipinski definition) is 2. The van der Waals surface area contributed by atoms with Gasteiger partial charge in [-0.1, -0.05) is 6.07 Å². The van der Waals surface area contributed by atoms with Gasteiger partial charge in [0.2, 0.25) is 5.91 Å². The maximum Gasteiger partial charge on any atom is 0.253 e. The lowest BCUT2D eigenvalue weighted by Crippen LogP contribution is -2.32. The summed E-state index contributed by atoms with van der Waals surface area (Å²) in [5.41, 5.74) is 7.49. The van der Waals surface area contributed by atoms with Gasteiger partial charge >= 0.3 is 0 Å². The molecule has 0 radical (unpaired) electrons. The second kappa shape index (κ2) is 5.64. The zero-order chi connectivity index (χ0) is 13.9. The maximum absolute atomic E-state index is 11.9. The first kappa shape index (κ1) is 14.2.